The van der Waals surface area contributed by atoms with Gasteiger partial charge < -0.3 is 9.15 Å². The Labute approximate surface area is 83.0 Å². The van der Waals surface area contributed by atoms with Gasteiger partial charge in [-0.15, -0.1) is 0 Å². The summed E-state index contributed by atoms with van der Waals surface area (Å²) in [6, 6.07) is 3.64. The number of hydrogen-bond acceptors (Lipinski definition) is 3. The predicted molar refractivity (Wildman–Crippen MR) is 51.0 cm³/mol. The molecule has 1 aliphatic rings. The van der Waals surface area contributed by atoms with Crippen LogP contribution in [0.2, 0.25) is 0 Å². The fraction of sp³-hybridized carbons (Fsp3) is 0.545. The van der Waals surface area contributed by atoms with E-state index in [2.05, 4.69) is 0 Å². The minimum absolute atomic E-state index is 0.0776. The molecule has 1 saturated heterocycles. The van der Waals surface area contributed by atoms with Crippen molar-refractivity contribution in [2.75, 3.05) is 13.2 Å². The highest BCUT2D eigenvalue weighted by atomic mass is 16.5. The number of ketones is 1. The first-order valence-electron chi connectivity index (χ1n) is 4.99. The van der Waals surface area contributed by atoms with E-state index in [1.165, 1.54) is 0 Å². The zero-order valence-electron chi connectivity index (χ0n) is 8.07. The largest absolute Gasteiger partial charge is 0.469 e. The smallest absolute Gasteiger partial charge is 0.145 e. The van der Waals surface area contributed by atoms with Crippen molar-refractivity contribution in [3.05, 3.63) is 24.2 Å². The predicted octanol–water partition coefficient (Wildman–Crippen LogP) is 1.82. The van der Waals surface area contributed by atoms with Gasteiger partial charge in [0.15, 0.2) is 0 Å². The Kier molecular flexibility index (Phi) is 2.99. The lowest BCUT2D eigenvalue weighted by Crippen LogP contribution is -2.26. The molecule has 1 aromatic heterocycles. The van der Waals surface area contributed by atoms with Crippen molar-refractivity contribution in [1.29, 1.82) is 0 Å². The minimum atomic E-state index is 0.0776. The summed E-state index contributed by atoms with van der Waals surface area (Å²) in [5.41, 5.74) is 0. The summed E-state index contributed by atoms with van der Waals surface area (Å²) in [6.45, 7) is 1.38. The van der Waals surface area contributed by atoms with E-state index in [0.29, 0.717) is 13.0 Å². The third kappa shape index (κ3) is 2.23. The van der Waals surface area contributed by atoms with E-state index in [1.807, 2.05) is 6.07 Å². The van der Waals surface area contributed by atoms with Gasteiger partial charge in [0.1, 0.15) is 11.5 Å². The molecule has 0 bridgehead atoms. The second kappa shape index (κ2) is 4.42. The monoisotopic (exact) mass is 194 g/mol. The molecule has 14 heavy (non-hydrogen) atoms. The maximum atomic E-state index is 11.7. The molecule has 1 aliphatic heterocycles. The lowest BCUT2D eigenvalue weighted by molar-refractivity contribution is -0.126. The molecule has 76 valence electrons. The van der Waals surface area contributed by atoms with Crippen LogP contribution in [0, 0.1) is 5.92 Å². The van der Waals surface area contributed by atoms with Crippen LogP contribution >= 0.6 is 0 Å². The molecule has 2 heterocycles. The summed E-state index contributed by atoms with van der Waals surface area (Å²) < 4.78 is 10.4. The minimum Gasteiger partial charge on any atom is -0.469 e. The van der Waals surface area contributed by atoms with Crippen LogP contribution in [0.25, 0.3) is 0 Å². The van der Waals surface area contributed by atoms with E-state index < -0.39 is 0 Å². The highest BCUT2D eigenvalue weighted by Gasteiger charge is 2.22. The van der Waals surface area contributed by atoms with Crippen LogP contribution in [0.3, 0.4) is 0 Å². The molecule has 0 saturated carbocycles. The Bertz CT molecular complexity index is 283. The Morgan fingerprint density at radius 1 is 1.57 bits per heavy atom. The highest BCUT2D eigenvalue weighted by molar-refractivity contribution is 5.82. The van der Waals surface area contributed by atoms with Crippen molar-refractivity contribution in [2.24, 2.45) is 5.92 Å². The third-order valence-electron chi connectivity index (χ3n) is 2.54. The van der Waals surface area contributed by atoms with Crippen LogP contribution < -0.4 is 0 Å². The van der Waals surface area contributed by atoms with Crippen molar-refractivity contribution >= 4 is 5.78 Å². The molecule has 1 aromatic rings. The number of furan rings is 1. The molecule has 0 aromatic carbocycles. The van der Waals surface area contributed by atoms with Crippen molar-refractivity contribution in [3.8, 4) is 0 Å². The van der Waals surface area contributed by atoms with Gasteiger partial charge in [0, 0.05) is 12.5 Å². The summed E-state index contributed by atoms with van der Waals surface area (Å²) in [7, 11) is 0. The first-order valence-corrected chi connectivity index (χ1v) is 4.99. The average molecular weight is 194 g/mol. The van der Waals surface area contributed by atoms with Crippen molar-refractivity contribution in [2.45, 2.75) is 19.3 Å². The van der Waals surface area contributed by atoms with E-state index in [1.54, 1.807) is 12.3 Å². The molecular weight excluding hydrogens is 180 g/mol. The van der Waals surface area contributed by atoms with Crippen LogP contribution in [0.4, 0.5) is 0 Å². The molecule has 1 unspecified atom stereocenters. The summed E-state index contributed by atoms with van der Waals surface area (Å²) in [4.78, 5) is 11.7. The van der Waals surface area contributed by atoms with Crippen LogP contribution in [0.5, 0.6) is 0 Å². The van der Waals surface area contributed by atoms with Gasteiger partial charge in [0.25, 0.3) is 0 Å². The number of Topliss-reactive ketones (excluding diaryl/α,β-unsaturated/α-hetero) is 1. The fourth-order valence-electron chi connectivity index (χ4n) is 1.72. The summed E-state index contributed by atoms with van der Waals surface area (Å²) in [5.74, 6) is 1.06. The molecular formula is C11H14O3. The average Bonchev–Trinajstić information content (AvgIpc) is 2.72. The van der Waals surface area contributed by atoms with Crippen LogP contribution in [-0.4, -0.2) is 19.0 Å². The lowest BCUT2D eigenvalue weighted by Gasteiger charge is -2.20. The maximum absolute atomic E-state index is 11.7. The van der Waals surface area contributed by atoms with Crippen LogP contribution in [0.15, 0.2) is 22.8 Å². The van der Waals surface area contributed by atoms with Crippen molar-refractivity contribution in [3.63, 3.8) is 0 Å². The first kappa shape index (κ1) is 9.46. The molecule has 1 atom stereocenters. The third-order valence-corrected chi connectivity index (χ3v) is 2.54. The Morgan fingerprint density at radius 3 is 3.14 bits per heavy atom. The highest BCUT2D eigenvalue weighted by Crippen LogP contribution is 2.16. The van der Waals surface area contributed by atoms with Gasteiger partial charge in [-0.2, -0.15) is 0 Å². The number of carbonyl (C=O) groups excluding carboxylic acids is 1. The topological polar surface area (TPSA) is 39.4 Å². The number of ether oxygens (including phenoxy) is 1. The van der Waals surface area contributed by atoms with Gasteiger partial charge in [-0.25, -0.2) is 0 Å². The van der Waals surface area contributed by atoms with E-state index >= 15 is 0 Å². The van der Waals surface area contributed by atoms with Crippen molar-refractivity contribution < 1.29 is 13.9 Å². The second-order valence-electron chi connectivity index (χ2n) is 3.64. The first-order chi connectivity index (χ1) is 6.86. The quantitative estimate of drug-likeness (QED) is 0.736. The normalized spacial score (nSPS) is 22.1. The van der Waals surface area contributed by atoms with E-state index in [-0.39, 0.29) is 11.7 Å². The Balaban J connectivity index is 1.88. The Hall–Kier alpha value is -1.09. The zero-order valence-corrected chi connectivity index (χ0v) is 8.07. The fourth-order valence-corrected chi connectivity index (χ4v) is 1.72. The van der Waals surface area contributed by atoms with Gasteiger partial charge >= 0.3 is 0 Å². The molecule has 0 N–H and O–H groups in total. The van der Waals surface area contributed by atoms with E-state index in [0.717, 1.165) is 25.2 Å². The standard InChI is InChI=1S/C11H14O3/c12-11(7-10-4-2-6-14-10)9-3-1-5-13-8-9/h2,4,6,9H,1,3,5,7-8H2. The molecule has 0 spiro atoms. The van der Waals surface area contributed by atoms with Gasteiger partial charge in [0.2, 0.25) is 0 Å². The van der Waals surface area contributed by atoms with E-state index in [4.69, 9.17) is 9.15 Å². The van der Waals surface area contributed by atoms with Crippen LogP contribution in [0.1, 0.15) is 18.6 Å². The number of rotatable bonds is 3. The second-order valence-corrected chi connectivity index (χ2v) is 3.64. The lowest BCUT2D eigenvalue weighted by atomic mass is 9.95. The molecule has 3 heteroatoms. The SMILES string of the molecule is O=C(Cc1ccco1)C1CCCOC1. The van der Waals surface area contributed by atoms with Gasteiger partial charge in [-0.1, -0.05) is 0 Å². The summed E-state index contributed by atoms with van der Waals surface area (Å²) in [5, 5.41) is 0. The molecule has 0 amide bonds. The zero-order chi connectivity index (χ0) is 9.80. The molecule has 0 aliphatic carbocycles. The van der Waals surface area contributed by atoms with Gasteiger partial charge in [-0.05, 0) is 25.0 Å². The van der Waals surface area contributed by atoms with E-state index in [9.17, 15) is 4.79 Å². The number of carbonyl (C=O) groups is 1. The maximum Gasteiger partial charge on any atom is 0.145 e. The molecule has 2 rings (SSSR count). The molecule has 3 nitrogen and oxygen atoms in total. The summed E-state index contributed by atoms with van der Waals surface area (Å²) in [6.07, 6.45) is 3.95. The molecule has 1 fully saturated rings. The molecule has 0 radical (unpaired) electrons. The Morgan fingerprint density at radius 2 is 2.50 bits per heavy atom. The van der Waals surface area contributed by atoms with Gasteiger partial charge in [0.05, 0.1) is 19.3 Å². The summed E-state index contributed by atoms with van der Waals surface area (Å²) >= 11 is 0. The van der Waals surface area contributed by atoms with Gasteiger partial charge in [-0.3, -0.25) is 4.79 Å². The van der Waals surface area contributed by atoms with Crippen molar-refractivity contribution in [1.82, 2.24) is 0 Å². The van der Waals surface area contributed by atoms with Crippen LogP contribution in [-0.2, 0) is 16.0 Å². The number of hydrogen-bond donors (Lipinski definition) is 0.